The summed E-state index contributed by atoms with van der Waals surface area (Å²) >= 11 is 0. The molecule has 0 spiro atoms. The lowest BCUT2D eigenvalue weighted by Crippen LogP contribution is -2.36. The van der Waals surface area contributed by atoms with Crippen LogP contribution in [0.25, 0.3) is 0 Å². The van der Waals surface area contributed by atoms with Gasteiger partial charge in [-0.3, -0.25) is 4.79 Å². The lowest BCUT2D eigenvalue weighted by atomic mass is 9.99. The number of hydrogen-bond donors (Lipinski definition) is 0. The van der Waals surface area contributed by atoms with E-state index in [0.29, 0.717) is 18.7 Å². The van der Waals surface area contributed by atoms with Gasteiger partial charge >= 0.3 is 0 Å². The fourth-order valence-electron chi connectivity index (χ4n) is 2.84. The van der Waals surface area contributed by atoms with E-state index in [0.717, 1.165) is 17.5 Å². The van der Waals surface area contributed by atoms with Gasteiger partial charge in [0.15, 0.2) is 0 Å². The van der Waals surface area contributed by atoms with Crippen molar-refractivity contribution in [1.29, 1.82) is 0 Å². The second-order valence-electron chi connectivity index (χ2n) is 6.06. The lowest BCUT2D eigenvalue weighted by molar-refractivity contribution is 0.0734. The smallest absolute Gasteiger partial charge is 0.254 e. The third-order valence-electron chi connectivity index (χ3n) is 4.28. The third kappa shape index (κ3) is 3.07. The molecule has 0 saturated carbocycles. The number of carbonyl (C=O) groups excluding carboxylic acids is 1. The molecule has 1 amide bonds. The van der Waals surface area contributed by atoms with Gasteiger partial charge < -0.3 is 4.90 Å². The highest BCUT2D eigenvalue weighted by Gasteiger charge is 2.24. The van der Waals surface area contributed by atoms with Crippen LogP contribution < -0.4 is 0 Å². The second kappa shape index (κ2) is 6.37. The second-order valence-corrected chi connectivity index (χ2v) is 8.21. The van der Waals surface area contributed by atoms with Crippen LogP contribution in [0, 0.1) is 0 Å². The van der Waals surface area contributed by atoms with E-state index in [1.165, 1.54) is 18.4 Å². The van der Waals surface area contributed by atoms with E-state index in [2.05, 4.69) is 0 Å². The zero-order valence-electron chi connectivity index (χ0n) is 13.8. The maximum Gasteiger partial charge on any atom is 0.254 e. The molecule has 2 aromatic rings. The van der Waals surface area contributed by atoms with Gasteiger partial charge in [-0.15, -0.1) is 0 Å². The first-order chi connectivity index (χ1) is 11.4. The normalized spacial score (nSPS) is 14.5. The van der Waals surface area contributed by atoms with E-state index in [9.17, 15) is 13.2 Å². The number of fused-ring (bicyclic) bond motifs is 1. The quantitative estimate of drug-likeness (QED) is 0.857. The SMILES string of the molecule is CN(C)S(=O)(=O)c1ccc2c(c1)CN(C(=O)c1ccccc1)CC2. The van der Waals surface area contributed by atoms with Crippen molar-refractivity contribution in [2.75, 3.05) is 20.6 Å². The van der Waals surface area contributed by atoms with Crippen molar-refractivity contribution >= 4 is 15.9 Å². The topological polar surface area (TPSA) is 57.7 Å². The van der Waals surface area contributed by atoms with Crippen molar-refractivity contribution in [3.05, 3.63) is 65.2 Å². The van der Waals surface area contributed by atoms with Crippen LogP contribution in [0.5, 0.6) is 0 Å². The van der Waals surface area contributed by atoms with Crippen molar-refractivity contribution in [3.8, 4) is 0 Å². The third-order valence-corrected chi connectivity index (χ3v) is 6.09. The molecule has 0 aliphatic carbocycles. The van der Waals surface area contributed by atoms with Crippen molar-refractivity contribution in [2.45, 2.75) is 17.9 Å². The van der Waals surface area contributed by atoms with Crippen molar-refractivity contribution < 1.29 is 13.2 Å². The van der Waals surface area contributed by atoms with Crippen LogP contribution in [-0.4, -0.2) is 44.2 Å². The molecule has 0 bridgehead atoms. The summed E-state index contributed by atoms with van der Waals surface area (Å²) in [5.41, 5.74) is 2.65. The average Bonchev–Trinajstić information content (AvgIpc) is 2.60. The maximum absolute atomic E-state index is 12.6. The number of benzene rings is 2. The summed E-state index contributed by atoms with van der Waals surface area (Å²) in [6.45, 7) is 1.07. The van der Waals surface area contributed by atoms with Crippen molar-refractivity contribution in [2.24, 2.45) is 0 Å². The Kier molecular flexibility index (Phi) is 4.43. The van der Waals surface area contributed by atoms with Crippen LogP contribution in [0.2, 0.25) is 0 Å². The molecule has 2 aromatic carbocycles. The number of amides is 1. The van der Waals surface area contributed by atoms with Gasteiger partial charge in [0.05, 0.1) is 4.90 Å². The zero-order valence-corrected chi connectivity index (χ0v) is 14.6. The van der Waals surface area contributed by atoms with E-state index < -0.39 is 10.0 Å². The van der Waals surface area contributed by atoms with E-state index in [1.807, 2.05) is 24.3 Å². The summed E-state index contributed by atoms with van der Waals surface area (Å²) in [4.78, 5) is 14.6. The highest BCUT2D eigenvalue weighted by atomic mass is 32.2. The van der Waals surface area contributed by atoms with E-state index >= 15 is 0 Å². The predicted molar refractivity (Wildman–Crippen MR) is 92.2 cm³/mol. The monoisotopic (exact) mass is 344 g/mol. The van der Waals surface area contributed by atoms with Gasteiger partial charge in [-0.25, -0.2) is 12.7 Å². The highest BCUT2D eigenvalue weighted by molar-refractivity contribution is 7.89. The molecule has 0 atom stereocenters. The molecule has 1 heterocycles. The number of sulfonamides is 1. The highest BCUT2D eigenvalue weighted by Crippen LogP contribution is 2.24. The fourth-order valence-corrected chi connectivity index (χ4v) is 3.79. The van der Waals surface area contributed by atoms with E-state index in [-0.39, 0.29) is 10.8 Å². The fraction of sp³-hybridized carbons (Fsp3) is 0.278. The number of carbonyl (C=O) groups is 1. The standard InChI is InChI=1S/C18H20N2O3S/c1-19(2)24(22,23)17-9-8-14-10-11-20(13-16(14)12-17)18(21)15-6-4-3-5-7-15/h3-9,12H,10-11,13H2,1-2H3. The van der Waals surface area contributed by atoms with Crippen molar-refractivity contribution in [3.63, 3.8) is 0 Å². The van der Waals surface area contributed by atoms with Crippen LogP contribution in [0.1, 0.15) is 21.5 Å². The lowest BCUT2D eigenvalue weighted by Gasteiger charge is -2.29. The van der Waals surface area contributed by atoms with Gasteiger partial charge in [-0.1, -0.05) is 24.3 Å². The first-order valence-corrected chi connectivity index (χ1v) is 9.22. The summed E-state index contributed by atoms with van der Waals surface area (Å²) in [7, 11) is -0.443. The van der Waals surface area contributed by atoms with Gasteiger partial charge in [-0.2, -0.15) is 0 Å². The largest absolute Gasteiger partial charge is 0.334 e. The van der Waals surface area contributed by atoms with Gasteiger partial charge in [-0.05, 0) is 41.8 Å². The Morgan fingerprint density at radius 1 is 1.04 bits per heavy atom. The predicted octanol–water partition coefficient (Wildman–Crippen LogP) is 2.14. The molecular weight excluding hydrogens is 324 g/mol. The Hall–Kier alpha value is -2.18. The molecule has 24 heavy (non-hydrogen) atoms. The van der Waals surface area contributed by atoms with Gasteiger partial charge in [0.2, 0.25) is 10.0 Å². The van der Waals surface area contributed by atoms with E-state index in [4.69, 9.17) is 0 Å². The summed E-state index contributed by atoms with van der Waals surface area (Å²) < 4.78 is 25.8. The van der Waals surface area contributed by atoms with Crippen LogP contribution in [-0.2, 0) is 23.0 Å². The maximum atomic E-state index is 12.6. The van der Waals surface area contributed by atoms with Crippen LogP contribution in [0.4, 0.5) is 0 Å². The Labute approximate surface area is 142 Å². The minimum Gasteiger partial charge on any atom is -0.334 e. The first kappa shape index (κ1) is 16.7. The van der Waals surface area contributed by atoms with Gasteiger partial charge in [0, 0.05) is 32.7 Å². The molecule has 0 fully saturated rings. The Morgan fingerprint density at radius 3 is 2.42 bits per heavy atom. The minimum atomic E-state index is -3.47. The number of hydrogen-bond acceptors (Lipinski definition) is 3. The molecule has 1 aliphatic heterocycles. The molecule has 6 heteroatoms. The van der Waals surface area contributed by atoms with E-state index in [1.54, 1.807) is 29.2 Å². The van der Waals surface area contributed by atoms with Crippen LogP contribution in [0.3, 0.4) is 0 Å². The molecule has 126 valence electrons. The first-order valence-electron chi connectivity index (χ1n) is 7.78. The minimum absolute atomic E-state index is 0.0258. The molecular formula is C18H20N2O3S. The molecule has 0 aromatic heterocycles. The molecule has 5 nitrogen and oxygen atoms in total. The van der Waals surface area contributed by atoms with Crippen molar-refractivity contribution in [1.82, 2.24) is 9.21 Å². The van der Waals surface area contributed by atoms with Gasteiger partial charge in [0.1, 0.15) is 0 Å². The summed E-state index contributed by atoms with van der Waals surface area (Å²) in [6, 6.07) is 14.3. The summed E-state index contributed by atoms with van der Waals surface area (Å²) in [6.07, 6.45) is 0.732. The molecule has 0 saturated heterocycles. The zero-order chi connectivity index (χ0) is 17.3. The number of rotatable bonds is 3. The van der Waals surface area contributed by atoms with Crippen LogP contribution in [0.15, 0.2) is 53.4 Å². The molecule has 3 rings (SSSR count). The molecule has 1 aliphatic rings. The summed E-state index contributed by atoms with van der Waals surface area (Å²) in [5.74, 6) is -0.0258. The average molecular weight is 344 g/mol. The molecule has 0 N–H and O–H groups in total. The molecule has 0 unspecified atom stereocenters. The Morgan fingerprint density at radius 2 is 1.75 bits per heavy atom. The summed E-state index contributed by atoms with van der Waals surface area (Å²) in [5, 5.41) is 0. The number of nitrogens with zero attached hydrogens (tertiary/aromatic N) is 2. The molecule has 0 radical (unpaired) electrons. The Bertz CT molecular complexity index is 861. The van der Waals surface area contributed by atoms with Gasteiger partial charge in [0.25, 0.3) is 5.91 Å². The Balaban J connectivity index is 1.89. The van der Waals surface area contributed by atoms with Crippen LogP contribution >= 0.6 is 0 Å².